The molecule has 0 aliphatic heterocycles. The Hall–Kier alpha value is -2.55. The second-order valence-electron chi connectivity index (χ2n) is 5.24. The SMILES string of the molecule is COC(=O)CNC(=O)C(CCSC)n1c(=O)[nH]c2ccccc2c1=O. The van der Waals surface area contributed by atoms with Crippen LogP contribution in [-0.2, 0) is 14.3 Å². The third-order valence-corrected chi connectivity index (χ3v) is 4.32. The van der Waals surface area contributed by atoms with Crippen LogP contribution >= 0.6 is 11.8 Å². The molecule has 2 N–H and O–H groups in total. The highest BCUT2D eigenvalue weighted by atomic mass is 32.2. The van der Waals surface area contributed by atoms with E-state index in [2.05, 4.69) is 15.0 Å². The van der Waals surface area contributed by atoms with E-state index in [-0.39, 0.29) is 13.0 Å². The first-order valence-corrected chi connectivity index (χ1v) is 8.96. The summed E-state index contributed by atoms with van der Waals surface area (Å²) in [4.78, 5) is 51.4. The van der Waals surface area contributed by atoms with Gasteiger partial charge in [-0.1, -0.05) is 12.1 Å². The molecule has 0 bridgehead atoms. The summed E-state index contributed by atoms with van der Waals surface area (Å²) in [5, 5.41) is 2.72. The van der Waals surface area contributed by atoms with Crippen LogP contribution in [0, 0.1) is 0 Å². The van der Waals surface area contributed by atoms with Crippen molar-refractivity contribution < 1.29 is 14.3 Å². The van der Waals surface area contributed by atoms with Crippen molar-refractivity contribution in [1.82, 2.24) is 14.9 Å². The van der Waals surface area contributed by atoms with Gasteiger partial charge in [-0.3, -0.25) is 14.4 Å². The second kappa shape index (κ2) is 8.52. The number of esters is 1. The Morgan fingerprint density at radius 1 is 1.32 bits per heavy atom. The topological polar surface area (TPSA) is 110 Å². The molecule has 25 heavy (non-hydrogen) atoms. The van der Waals surface area contributed by atoms with Gasteiger partial charge in [0.15, 0.2) is 0 Å². The van der Waals surface area contributed by atoms with Crippen molar-refractivity contribution in [1.29, 1.82) is 0 Å². The number of fused-ring (bicyclic) bond motifs is 1. The number of ether oxygens (including phenoxy) is 1. The lowest BCUT2D eigenvalue weighted by molar-refractivity contribution is -0.141. The molecule has 2 aromatic rings. The minimum atomic E-state index is -1.02. The minimum Gasteiger partial charge on any atom is -0.468 e. The van der Waals surface area contributed by atoms with E-state index in [0.717, 1.165) is 4.57 Å². The Kier molecular flexibility index (Phi) is 6.40. The van der Waals surface area contributed by atoms with Crippen molar-refractivity contribution >= 4 is 34.5 Å². The average Bonchev–Trinajstić information content (AvgIpc) is 2.61. The van der Waals surface area contributed by atoms with E-state index in [1.54, 1.807) is 24.3 Å². The fourth-order valence-corrected chi connectivity index (χ4v) is 2.87. The van der Waals surface area contributed by atoms with E-state index >= 15 is 0 Å². The van der Waals surface area contributed by atoms with Crippen molar-refractivity contribution in [3.63, 3.8) is 0 Å². The number of nitrogens with one attached hydrogen (secondary N) is 2. The molecule has 1 aromatic carbocycles. The fraction of sp³-hybridized carbons (Fsp3) is 0.375. The standard InChI is InChI=1S/C16H19N3O5S/c1-24-13(20)9-17-14(21)12(7-8-25-2)19-15(22)10-5-3-4-6-11(10)18-16(19)23/h3-6,12H,7-9H2,1-2H3,(H,17,21)(H,18,23). The van der Waals surface area contributed by atoms with E-state index in [4.69, 9.17) is 0 Å². The Balaban J connectivity index is 2.45. The van der Waals surface area contributed by atoms with Crippen LogP contribution in [0.15, 0.2) is 33.9 Å². The van der Waals surface area contributed by atoms with Crippen molar-refractivity contribution in [3.8, 4) is 0 Å². The number of methoxy groups -OCH3 is 1. The van der Waals surface area contributed by atoms with E-state index < -0.39 is 29.2 Å². The van der Waals surface area contributed by atoms with Crippen molar-refractivity contribution in [2.75, 3.05) is 25.7 Å². The lowest BCUT2D eigenvalue weighted by atomic mass is 10.2. The predicted molar refractivity (Wildman–Crippen MR) is 95.9 cm³/mol. The smallest absolute Gasteiger partial charge is 0.329 e. The van der Waals surface area contributed by atoms with Gasteiger partial charge >= 0.3 is 11.7 Å². The van der Waals surface area contributed by atoms with Crippen LogP contribution in [0.5, 0.6) is 0 Å². The molecule has 0 aliphatic rings. The highest BCUT2D eigenvalue weighted by Crippen LogP contribution is 2.13. The summed E-state index contributed by atoms with van der Waals surface area (Å²) in [5.74, 6) is -0.631. The molecule has 1 aromatic heterocycles. The lowest BCUT2D eigenvalue weighted by Gasteiger charge is -2.18. The molecule has 0 aliphatic carbocycles. The normalized spacial score (nSPS) is 11.9. The number of hydrogen-bond acceptors (Lipinski definition) is 6. The van der Waals surface area contributed by atoms with Crippen molar-refractivity contribution in [3.05, 3.63) is 45.1 Å². The number of rotatable bonds is 7. The quantitative estimate of drug-likeness (QED) is 0.682. The molecule has 0 radical (unpaired) electrons. The van der Waals surface area contributed by atoms with Crippen LogP contribution in [0.2, 0.25) is 0 Å². The first kappa shape index (κ1) is 18.8. The molecule has 134 valence electrons. The average molecular weight is 365 g/mol. The predicted octanol–water partition coefficient (Wildman–Crippen LogP) is 0.273. The van der Waals surface area contributed by atoms with Crippen LogP contribution in [-0.4, -0.2) is 47.1 Å². The van der Waals surface area contributed by atoms with Crippen molar-refractivity contribution in [2.45, 2.75) is 12.5 Å². The summed E-state index contributed by atoms with van der Waals surface area (Å²) in [6.45, 7) is -0.328. The van der Waals surface area contributed by atoms with Gasteiger partial charge in [-0.25, -0.2) is 9.36 Å². The summed E-state index contributed by atoms with van der Waals surface area (Å²) in [6, 6.07) is 5.58. The number of carbonyl (C=O) groups excluding carboxylic acids is 2. The summed E-state index contributed by atoms with van der Waals surface area (Å²) in [7, 11) is 1.21. The Morgan fingerprint density at radius 2 is 2.04 bits per heavy atom. The molecule has 1 unspecified atom stereocenters. The second-order valence-corrected chi connectivity index (χ2v) is 6.23. The van der Waals surface area contributed by atoms with Gasteiger partial charge in [0, 0.05) is 0 Å². The van der Waals surface area contributed by atoms with Gasteiger partial charge < -0.3 is 15.0 Å². The number of H-pyrrole nitrogens is 1. The fourth-order valence-electron chi connectivity index (χ4n) is 2.42. The van der Waals surface area contributed by atoms with Crippen LogP contribution in [0.1, 0.15) is 12.5 Å². The number of carbonyl (C=O) groups is 2. The number of hydrogen-bond donors (Lipinski definition) is 2. The molecule has 0 saturated carbocycles. The molecule has 1 heterocycles. The molecule has 9 heteroatoms. The van der Waals surface area contributed by atoms with Crippen LogP contribution in [0.25, 0.3) is 10.9 Å². The Labute approximate surface area is 147 Å². The van der Waals surface area contributed by atoms with E-state index in [0.29, 0.717) is 16.7 Å². The number of nitrogens with zero attached hydrogens (tertiary/aromatic N) is 1. The van der Waals surface area contributed by atoms with Gasteiger partial charge in [-0.15, -0.1) is 0 Å². The van der Waals surface area contributed by atoms with Crippen LogP contribution in [0.4, 0.5) is 0 Å². The van der Waals surface area contributed by atoms with E-state index in [1.807, 2.05) is 6.26 Å². The number of aromatic nitrogens is 2. The number of aromatic amines is 1. The molecule has 0 fully saturated rings. The molecular formula is C16H19N3O5S. The summed E-state index contributed by atoms with van der Waals surface area (Å²) in [6.07, 6.45) is 2.13. The molecule has 0 saturated heterocycles. The number of thioether (sulfide) groups is 1. The number of para-hydroxylation sites is 1. The Morgan fingerprint density at radius 3 is 2.72 bits per heavy atom. The number of amides is 1. The van der Waals surface area contributed by atoms with E-state index in [1.165, 1.54) is 18.9 Å². The number of benzene rings is 1. The summed E-state index contributed by atoms with van der Waals surface area (Å²) in [5.41, 5.74) is -0.797. The van der Waals surface area contributed by atoms with Crippen molar-refractivity contribution in [2.24, 2.45) is 0 Å². The third kappa shape index (κ3) is 4.30. The molecule has 1 amide bonds. The maximum Gasteiger partial charge on any atom is 0.329 e. The maximum atomic E-state index is 12.7. The highest BCUT2D eigenvalue weighted by molar-refractivity contribution is 7.98. The lowest BCUT2D eigenvalue weighted by Crippen LogP contribution is -2.45. The van der Waals surface area contributed by atoms with Gasteiger partial charge in [0.1, 0.15) is 12.6 Å². The largest absolute Gasteiger partial charge is 0.468 e. The van der Waals surface area contributed by atoms with Crippen LogP contribution in [0.3, 0.4) is 0 Å². The highest BCUT2D eigenvalue weighted by Gasteiger charge is 2.25. The van der Waals surface area contributed by atoms with Gasteiger partial charge in [-0.2, -0.15) is 11.8 Å². The van der Waals surface area contributed by atoms with E-state index in [9.17, 15) is 19.2 Å². The zero-order chi connectivity index (χ0) is 18.4. The monoisotopic (exact) mass is 365 g/mol. The van der Waals surface area contributed by atoms with Crippen LogP contribution < -0.4 is 16.6 Å². The summed E-state index contributed by atoms with van der Waals surface area (Å²) < 4.78 is 5.39. The third-order valence-electron chi connectivity index (χ3n) is 3.68. The first-order chi connectivity index (χ1) is 12.0. The van der Waals surface area contributed by atoms with Gasteiger partial charge in [0.2, 0.25) is 5.91 Å². The molecule has 1 atom stereocenters. The molecule has 8 nitrogen and oxygen atoms in total. The minimum absolute atomic E-state index is 0.273. The van der Waals surface area contributed by atoms with Gasteiger partial charge in [0.25, 0.3) is 5.56 Å². The maximum absolute atomic E-state index is 12.7. The van der Waals surface area contributed by atoms with Gasteiger partial charge in [0.05, 0.1) is 18.0 Å². The first-order valence-electron chi connectivity index (χ1n) is 7.56. The molecule has 0 spiro atoms. The Bertz CT molecular complexity index is 889. The summed E-state index contributed by atoms with van der Waals surface area (Å²) >= 11 is 1.49. The van der Waals surface area contributed by atoms with Gasteiger partial charge in [-0.05, 0) is 30.6 Å². The zero-order valence-electron chi connectivity index (χ0n) is 13.9. The molecule has 2 rings (SSSR count). The molecular weight excluding hydrogens is 346 g/mol. The zero-order valence-corrected chi connectivity index (χ0v) is 14.7.